The number of aromatic nitrogens is 3. The fourth-order valence-corrected chi connectivity index (χ4v) is 3.22. The van der Waals surface area contributed by atoms with Crippen LogP contribution in [0.25, 0.3) is 0 Å². The second-order valence-corrected chi connectivity index (χ2v) is 8.52. The lowest BCUT2D eigenvalue weighted by Gasteiger charge is -2.20. The van der Waals surface area contributed by atoms with Crippen molar-refractivity contribution in [1.29, 1.82) is 0 Å². The number of hydrogen-bond donors (Lipinski definition) is 3. The summed E-state index contributed by atoms with van der Waals surface area (Å²) in [5.74, 6) is -0.323. The number of anilines is 2. The maximum absolute atomic E-state index is 14.0. The first-order valence-electron chi connectivity index (χ1n) is 9.37. The summed E-state index contributed by atoms with van der Waals surface area (Å²) >= 11 is 1.50. The molecule has 0 unspecified atom stereocenters. The molecule has 0 bridgehead atoms. The van der Waals surface area contributed by atoms with Crippen LogP contribution in [-0.4, -0.2) is 32.8 Å². The zero-order chi connectivity index (χ0) is 22.4. The van der Waals surface area contributed by atoms with Gasteiger partial charge in [0.25, 0.3) is 5.91 Å². The van der Waals surface area contributed by atoms with Crippen molar-refractivity contribution in [2.24, 2.45) is 0 Å². The SMILES string of the molecule is CC(C)(C)OC(=O)Nc1cc(NC(=O)c2ccc(CSc3ncn[nH]3)cc2)ccc1F. The van der Waals surface area contributed by atoms with E-state index in [-0.39, 0.29) is 11.6 Å². The lowest BCUT2D eigenvalue weighted by atomic mass is 10.1. The number of H-pyrrole nitrogens is 1. The number of thioether (sulfide) groups is 1. The van der Waals surface area contributed by atoms with Gasteiger partial charge in [0.1, 0.15) is 17.7 Å². The van der Waals surface area contributed by atoms with Gasteiger partial charge >= 0.3 is 6.09 Å². The van der Waals surface area contributed by atoms with E-state index in [4.69, 9.17) is 4.74 Å². The monoisotopic (exact) mass is 443 g/mol. The highest BCUT2D eigenvalue weighted by molar-refractivity contribution is 7.98. The number of rotatable bonds is 6. The Morgan fingerprint density at radius 1 is 1.13 bits per heavy atom. The van der Waals surface area contributed by atoms with E-state index in [2.05, 4.69) is 25.8 Å². The predicted octanol–water partition coefficient (Wildman–Crippen LogP) is 4.84. The molecular formula is C21H22FN5O3S. The Kier molecular flexibility index (Phi) is 6.91. The van der Waals surface area contributed by atoms with Crippen molar-refractivity contribution in [1.82, 2.24) is 15.2 Å². The van der Waals surface area contributed by atoms with Crippen LogP contribution in [0.15, 0.2) is 53.9 Å². The normalized spacial score (nSPS) is 11.1. The van der Waals surface area contributed by atoms with Gasteiger partial charge in [0.2, 0.25) is 0 Å². The number of nitrogens with one attached hydrogen (secondary N) is 3. The van der Waals surface area contributed by atoms with E-state index in [1.165, 1.54) is 30.2 Å². The molecule has 31 heavy (non-hydrogen) atoms. The third-order valence-electron chi connectivity index (χ3n) is 3.84. The van der Waals surface area contributed by atoms with Crippen LogP contribution in [-0.2, 0) is 10.5 Å². The number of hydrogen-bond acceptors (Lipinski definition) is 6. The molecule has 3 rings (SSSR count). The number of carbonyl (C=O) groups excluding carboxylic acids is 2. The van der Waals surface area contributed by atoms with Crippen molar-refractivity contribution in [3.05, 3.63) is 65.7 Å². The van der Waals surface area contributed by atoms with Crippen molar-refractivity contribution >= 4 is 35.1 Å². The molecule has 3 N–H and O–H groups in total. The number of amides is 2. The van der Waals surface area contributed by atoms with Gasteiger partial charge in [0.15, 0.2) is 5.16 Å². The summed E-state index contributed by atoms with van der Waals surface area (Å²) in [6, 6.07) is 11.0. The lowest BCUT2D eigenvalue weighted by molar-refractivity contribution is 0.0635. The Morgan fingerprint density at radius 2 is 1.87 bits per heavy atom. The molecule has 1 aromatic heterocycles. The highest BCUT2D eigenvalue weighted by atomic mass is 32.2. The topological polar surface area (TPSA) is 109 Å². The number of ether oxygens (including phenoxy) is 1. The summed E-state index contributed by atoms with van der Waals surface area (Å²) in [6.45, 7) is 5.12. The molecule has 0 spiro atoms. The van der Waals surface area contributed by atoms with Crippen molar-refractivity contribution in [2.75, 3.05) is 10.6 Å². The second-order valence-electron chi connectivity index (χ2n) is 7.55. The third-order valence-corrected chi connectivity index (χ3v) is 4.79. The molecule has 162 valence electrons. The molecule has 2 amide bonds. The molecule has 0 aliphatic rings. The molecule has 2 aromatic carbocycles. The average molecular weight is 444 g/mol. The van der Waals surface area contributed by atoms with Crippen molar-refractivity contribution in [3.63, 3.8) is 0 Å². The first kappa shape index (κ1) is 22.3. The highest BCUT2D eigenvalue weighted by Gasteiger charge is 2.18. The predicted molar refractivity (Wildman–Crippen MR) is 117 cm³/mol. The van der Waals surface area contributed by atoms with Crippen LogP contribution in [0.4, 0.5) is 20.6 Å². The van der Waals surface area contributed by atoms with Gasteiger partial charge in [-0.05, 0) is 56.7 Å². The minimum absolute atomic E-state index is 0.0909. The largest absolute Gasteiger partial charge is 0.444 e. The number of carbonyl (C=O) groups is 2. The van der Waals surface area contributed by atoms with Crippen LogP contribution in [0.5, 0.6) is 0 Å². The van der Waals surface area contributed by atoms with E-state index < -0.39 is 17.5 Å². The smallest absolute Gasteiger partial charge is 0.412 e. The molecule has 0 radical (unpaired) electrons. The molecule has 1 heterocycles. The van der Waals surface area contributed by atoms with Gasteiger partial charge in [-0.15, -0.1) is 0 Å². The maximum Gasteiger partial charge on any atom is 0.412 e. The summed E-state index contributed by atoms with van der Waals surface area (Å²) in [5, 5.41) is 12.3. The molecule has 0 atom stereocenters. The van der Waals surface area contributed by atoms with Gasteiger partial charge in [0.05, 0.1) is 5.69 Å². The summed E-state index contributed by atoms with van der Waals surface area (Å²) < 4.78 is 19.2. The molecule has 0 aliphatic carbocycles. The maximum atomic E-state index is 14.0. The van der Waals surface area contributed by atoms with Gasteiger partial charge in [-0.1, -0.05) is 23.9 Å². The van der Waals surface area contributed by atoms with Crippen molar-refractivity contribution in [3.8, 4) is 0 Å². The summed E-state index contributed by atoms with van der Waals surface area (Å²) in [6.07, 6.45) is 0.660. The van der Waals surface area contributed by atoms with Crippen LogP contribution in [0.3, 0.4) is 0 Å². The quantitative estimate of drug-likeness (QED) is 0.471. The molecule has 8 nitrogen and oxygen atoms in total. The van der Waals surface area contributed by atoms with Crippen molar-refractivity contribution in [2.45, 2.75) is 37.3 Å². The molecular weight excluding hydrogens is 421 g/mol. The Bertz CT molecular complexity index is 1050. The Labute approximate surface area is 183 Å². The van der Waals surface area contributed by atoms with Gasteiger partial charge < -0.3 is 10.1 Å². The fourth-order valence-electron chi connectivity index (χ4n) is 2.48. The zero-order valence-electron chi connectivity index (χ0n) is 17.2. The molecule has 10 heteroatoms. The van der Waals surface area contributed by atoms with E-state index in [0.29, 0.717) is 22.2 Å². The van der Waals surface area contributed by atoms with Crippen LogP contribution in [0.2, 0.25) is 0 Å². The molecule has 0 aliphatic heterocycles. The number of nitrogens with zero attached hydrogens (tertiary/aromatic N) is 2. The highest BCUT2D eigenvalue weighted by Crippen LogP contribution is 2.22. The molecule has 0 saturated heterocycles. The number of halogens is 1. The van der Waals surface area contributed by atoms with Gasteiger partial charge in [0, 0.05) is 17.0 Å². The minimum Gasteiger partial charge on any atom is -0.444 e. The van der Waals surface area contributed by atoms with E-state index >= 15 is 0 Å². The van der Waals surface area contributed by atoms with E-state index in [1.54, 1.807) is 32.9 Å². The minimum atomic E-state index is -0.784. The number of benzene rings is 2. The lowest BCUT2D eigenvalue weighted by Crippen LogP contribution is -2.27. The Hall–Kier alpha value is -3.40. The number of aromatic amines is 1. The first-order valence-corrected chi connectivity index (χ1v) is 10.4. The Morgan fingerprint density at radius 3 is 2.52 bits per heavy atom. The fraction of sp³-hybridized carbons (Fsp3) is 0.238. The van der Waals surface area contributed by atoms with E-state index in [1.807, 2.05) is 12.1 Å². The third kappa shape index (κ3) is 6.82. The van der Waals surface area contributed by atoms with Crippen molar-refractivity contribution < 1.29 is 18.7 Å². The average Bonchev–Trinajstić information content (AvgIpc) is 3.21. The van der Waals surface area contributed by atoms with Gasteiger partial charge in [-0.2, -0.15) is 5.10 Å². The Balaban J connectivity index is 1.61. The van der Waals surface area contributed by atoms with Crippen LogP contribution in [0.1, 0.15) is 36.7 Å². The molecule has 3 aromatic rings. The van der Waals surface area contributed by atoms with Crippen LogP contribution < -0.4 is 10.6 Å². The summed E-state index contributed by atoms with van der Waals surface area (Å²) in [7, 11) is 0. The van der Waals surface area contributed by atoms with Crippen LogP contribution >= 0.6 is 11.8 Å². The van der Waals surface area contributed by atoms with E-state index in [0.717, 1.165) is 11.6 Å². The second kappa shape index (κ2) is 9.61. The molecule has 0 saturated carbocycles. The summed E-state index contributed by atoms with van der Waals surface area (Å²) in [5.41, 5.74) is 0.989. The standard InChI is InChI=1S/C21H22FN5O3S/c1-21(2,3)30-20(29)26-17-10-15(8-9-16(17)22)25-18(28)14-6-4-13(5-7-14)11-31-19-23-12-24-27-19/h4-10,12H,11H2,1-3H3,(H,25,28)(H,26,29)(H,23,24,27). The molecule has 0 fully saturated rings. The van der Waals surface area contributed by atoms with Crippen LogP contribution in [0, 0.1) is 5.82 Å². The summed E-state index contributed by atoms with van der Waals surface area (Å²) in [4.78, 5) is 28.5. The van der Waals surface area contributed by atoms with Gasteiger partial charge in [-0.3, -0.25) is 15.2 Å². The zero-order valence-corrected chi connectivity index (χ0v) is 18.0. The van der Waals surface area contributed by atoms with Gasteiger partial charge in [-0.25, -0.2) is 14.2 Å². The first-order chi connectivity index (χ1) is 14.7. The van der Waals surface area contributed by atoms with E-state index in [9.17, 15) is 14.0 Å².